The second-order valence-electron chi connectivity index (χ2n) is 6.92. The molecule has 2 aromatic rings. The normalized spacial score (nSPS) is 20.6. The molecular formula is C21H16F3N3O2. The first-order chi connectivity index (χ1) is 13.7. The fraction of sp³-hybridized carbons (Fsp3) is 0.190. The largest absolute Gasteiger partial charge is 0.336 e. The van der Waals surface area contributed by atoms with Crippen molar-refractivity contribution < 1.29 is 22.8 Å². The minimum Gasteiger partial charge on any atom is -0.336 e. The Kier molecular flexibility index (Phi) is 5.16. The van der Waals surface area contributed by atoms with E-state index in [1.807, 2.05) is 0 Å². The van der Waals surface area contributed by atoms with Crippen LogP contribution in [-0.4, -0.2) is 29.3 Å². The van der Waals surface area contributed by atoms with Gasteiger partial charge in [-0.2, -0.15) is 5.26 Å². The zero-order valence-corrected chi connectivity index (χ0v) is 15.6. The Morgan fingerprint density at radius 2 is 1.79 bits per heavy atom. The van der Waals surface area contributed by atoms with Gasteiger partial charge in [0.05, 0.1) is 11.6 Å². The third kappa shape index (κ3) is 3.72. The zero-order chi connectivity index (χ0) is 21.3. The topological polar surface area (TPSA) is 73.2 Å². The molecular weight excluding hydrogens is 383 g/mol. The van der Waals surface area contributed by atoms with Crippen LogP contribution in [0.3, 0.4) is 0 Å². The molecule has 3 rings (SSSR count). The average Bonchev–Trinajstić information content (AvgIpc) is 2.68. The summed E-state index contributed by atoms with van der Waals surface area (Å²) < 4.78 is 40.9. The molecule has 1 aliphatic heterocycles. The number of likely N-dealkylation sites (N-methyl/N-ethyl adjacent to an activating group) is 1. The molecule has 1 unspecified atom stereocenters. The second-order valence-corrected chi connectivity index (χ2v) is 6.92. The minimum absolute atomic E-state index is 0.104. The number of hydrogen-bond acceptors (Lipinski definition) is 3. The number of carbonyl (C=O) groups excluding carboxylic acids is 2. The molecule has 8 heteroatoms. The van der Waals surface area contributed by atoms with E-state index in [1.165, 1.54) is 38.2 Å². The van der Waals surface area contributed by atoms with Crippen molar-refractivity contribution in [3.63, 3.8) is 0 Å². The molecule has 1 heterocycles. The van der Waals surface area contributed by atoms with E-state index < -0.39 is 40.4 Å². The average molecular weight is 399 g/mol. The van der Waals surface area contributed by atoms with Crippen molar-refractivity contribution in [2.45, 2.75) is 18.9 Å². The van der Waals surface area contributed by atoms with Crippen LogP contribution in [0.5, 0.6) is 0 Å². The van der Waals surface area contributed by atoms with Gasteiger partial charge in [-0.25, -0.2) is 13.2 Å². The molecule has 1 N–H and O–H groups in total. The van der Waals surface area contributed by atoms with Crippen molar-refractivity contribution in [1.29, 1.82) is 5.26 Å². The number of nitrogens with one attached hydrogen (secondary N) is 1. The van der Waals surface area contributed by atoms with Crippen LogP contribution >= 0.6 is 0 Å². The van der Waals surface area contributed by atoms with Crippen LogP contribution in [-0.2, 0) is 16.0 Å². The lowest BCUT2D eigenvalue weighted by Crippen LogP contribution is -2.64. The number of carbonyl (C=O) groups is 2. The van der Waals surface area contributed by atoms with Crippen LogP contribution in [0, 0.1) is 28.8 Å². The Morgan fingerprint density at radius 1 is 1.14 bits per heavy atom. The Bertz CT molecular complexity index is 1070. The Balaban J connectivity index is 1.97. The van der Waals surface area contributed by atoms with Crippen molar-refractivity contribution in [1.82, 2.24) is 10.2 Å². The molecule has 148 valence electrons. The second kappa shape index (κ2) is 7.43. The van der Waals surface area contributed by atoms with Crippen LogP contribution in [0.25, 0.3) is 6.08 Å². The van der Waals surface area contributed by atoms with Crippen LogP contribution in [0.4, 0.5) is 13.2 Å². The van der Waals surface area contributed by atoms with Crippen molar-refractivity contribution in [3.05, 3.63) is 76.2 Å². The molecule has 0 radical (unpaired) electrons. The van der Waals surface area contributed by atoms with Gasteiger partial charge < -0.3 is 10.2 Å². The van der Waals surface area contributed by atoms with Gasteiger partial charge in [-0.3, -0.25) is 9.59 Å². The lowest BCUT2D eigenvalue weighted by atomic mass is 9.88. The number of amides is 2. The highest BCUT2D eigenvalue weighted by molar-refractivity contribution is 6.09. The maximum Gasteiger partial charge on any atom is 0.268 e. The maximum absolute atomic E-state index is 14.2. The van der Waals surface area contributed by atoms with E-state index in [-0.39, 0.29) is 17.7 Å². The molecule has 2 aromatic carbocycles. The number of rotatable bonds is 3. The van der Waals surface area contributed by atoms with Crippen molar-refractivity contribution in [3.8, 4) is 6.07 Å². The third-order valence-corrected chi connectivity index (χ3v) is 4.77. The zero-order valence-electron chi connectivity index (χ0n) is 15.6. The Labute approximate surface area is 165 Å². The summed E-state index contributed by atoms with van der Waals surface area (Å²) in [6.45, 7) is 1.52. The summed E-state index contributed by atoms with van der Waals surface area (Å²) in [5.74, 6) is -4.08. The summed E-state index contributed by atoms with van der Waals surface area (Å²) in [7, 11) is 1.33. The highest BCUT2D eigenvalue weighted by Crippen LogP contribution is 2.27. The van der Waals surface area contributed by atoms with Gasteiger partial charge in [-0.15, -0.1) is 0 Å². The van der Waals surface area contributed by atoms with Crippen molar-refractivity contribution >= 4 is 17.9 Å². The van der Waals surface area contributed by atoms with E-state index in [4.69, 9.17) is 5.26 Å². The number of nitrogens with zero attached hydrogens (tertiary/aromatic N) is 2. The summed E-state index contributed by atoms with van der Waals surface area (Å²) in [5.41, 5.74) is -1.51. The SMILES string of the molecule is CN1C(=O)C(C)(Cc2ccc(F)cc2)NC(=O)C1=Cc1c(C#N)ccc(F)c1F. The summed E-state index contributed by atoms with van der Waals surface area (Å²) in [5, 5.41) is 11.7. The molecule has 0 bridgehead atoms. The van der Waals surface area contributed by atoms with Gasteiger partial charge in [0.2, 0.25) is 0 Å². The molecule has 1 atom stereocenters. The molecule has 1 saturated heterocycles. The number of halogens is 3. The molecule has 0 saturated carbocycles. The van der Waals surface area contributed by atoms with Gasteiger partial charge in [0, 0.05) is 19.0 Å². The molecule has 0 aliphatic carbocycles. The van der Waals surface area contributed by atoms with Gasteiger partial charge >= 0.3 is 0 Å². The highest BCUT2D eigenvalue weighted by Gasteiger charge is 2.44. The maximum atomic E-state index is 14.2. The van der Waals surface area contributed by atoms with Gasteiger partial charge in [0.25, 0.3) is 11.8 Å². The molecule has 0 aromatic heterocycles. The third-order valence-electron chi connectivity index (χ3n) is 4.77. The molecule has 1 aliphatic rings. The smallest absolute Gasteiger partial charge is 0.268 e. The number of hydrogen-bond donors (Lipinski definition) is 1. The quantitative estimate of drug-likeness (QED) is 0.807. The predicted octanol–water partition coefficient (Wildman–Crippen LogP) is 2.91. The number of benzene rings is 2. The lowest BCUT2D eigenvalue weighted by molar-refractivity contribution is -0.143. The Morgan fingerprint density at radius 3 is 2.41 bits per heavy atom. The van der Waals surface area contributed by atoms with Crippen LogP contribution in [0.2, 0.25) is 0 Å². The van der Waals surface area contributed by atoms with Crippen LogP contribution < -0.4 is 5.32 Å². The fourth-order valence-electron chi connectivity index (χ4n) is 3.23. The summed E-state index contributed by atoms with van der Waals surface area (Å²) in [6.07, 6.45) is 1.08. The van der Waals surface area contributed by atoms with Gasteiger partial charge in [-0.05, 0) is 42.8 Å². The van der Waals surface area contributed by atoms with E-state index in [1.54, 1.807) is 6.07 Å². The molecule has 5 nitrogen and oxygen atoms in total. The minimum atomic E-state index is -1.32. The first kappa shape index (κ1) is 20.1. The molecule has 0 spiro atoms. The van der Waals surface area contributed by atoms with Gasteiger partial charge in [0.1, 0.15) is 17.1 Å². The van der Waals surface area contributed by atoms with E-state index in [9.17, 15) is 22.8 Å². The Hall–Kier alpha value is -3.60. The number of nitriles is 1. The predicted molar refractivity (Wildman–Crippen MR) is 98.5 cm³/mol. The van der Waals surface area contributed by atoms with E-state index in [2.05, 4.69) is 5.32 Å². The first-order valence-electron chi connectivity index (χ1n) is 8.61. The molecule has 2 amide bonds. The van der Waals surface area contributed by atoms with Crippen LogP contribution in [0.15, 0.2) is 42.1 Å². The van der Waals surface area contributed by atoms with E-state index >= 15 is 0 Å². The van der Waals surface area contributed by atoms with E-state index in [0.717, 1.165) is 23.1 Å². The van der Waals surface area contributed by atoms with E-state index in [0.29, 0.717) is 5.56 Å². The van der Waals surface area contributed by atoms with Gasteiger partial charge in [-0.1, -0.05) is 12.1 Å². The molecule has 29 heavy (non-hydrogen) atoms. The summed E-state index contributed by atoms with van der Waals surface area (Å²) in [4.78, 5) is 26.6. The molecule has 1 fully saturated rings. The monoisotopic (exact) mass is 399 g/mol. The summed E-state index contributed by atoms with van der Waals surface area (Å²) in [6, 6.07) is 9.14. The first-order valence-corrected chi connectivity index (χ1v) is 8.61. The van der Waals surface area contributed by atoms with Crippen LogP contribution in [0.1, 0.15) is 23.6 Å². The number of piperazine rings is 1. The lowest BCUT2D eigenvalue weighted by Gasteiger charge is -2.39. The highest BCUT2D eigenvalue weighted by atomic mass is 19.2. The summed E-state index contributed by atoms with van der Waals surface area (Å²) >= 11 is 0. The van der Waals surface area contributed by atoms with Gasteiger partial charge in [0.15, 0.2) is 11.6 Å². The fourth-order valence-corrected chi connectivity index (χ4v) is 3.23. The standard InChI is InChI=1S/C21H16F3N3O2/c1-21(10-12-3-6-14(22)7-4-12)20(29)27(2)17(19(28)26-21)9-15-13(11-25)5-8-16(23)18(15)24/h3-9H,10H2,1-2H3,(H,26,28). The van der Waals surface area contributed by atoms with Crippen molar-refractivity contribution in [2.24, 2.45) is 0 Å². The van der Waals surface area contributed by atoms with Crippen molar-refractivity contribution in [2.75, 3.05) is 7.05 Å².